The van der Waals surface area contributed by atoms with Crippen LogP contribution >= 0.6 is 15.9 Å². The highest BCUT2D eigenvalue weighted by Crippen LogP contribution is 2.22. The zero-order valence-corrected chi connectivity index (χ0v) is 11.1. The van der Waals surface area contributed by atoms with Crippen molar-refractivity contribution in [2.24, 2.45) is 0 Å². The molecule has 15 heavy (non-hydrogen) atoms. The van der Waals surface area contributed by atoms with E-state index in [9.17, 15) is 0 Å². The van der Waals surface area contributed by atoms with Crippen LogP contribution in [0.3, 0.4) is 0 Å². The Kier molecular flexibility index (Phi) is 5.12. The van der Waals surface area contributed by atoms with Gasteiger partial charge in [-0.15, -0.1) is 0 Å². The van der Waals surface area contributed by atoms with Crippen LogP contribution in [0.4, 0.5) is 0 Å². The monoisotopic (exact) mass is 271 g/mol. The summed E-state index contributed by atoms with van der Waals surface area (Å²) in [7, 11) is 1.72. The molecule has 0 spiro atoms. The summed E-state index contributed by atoms with van der Waals surface area (Å²) in [6.07, 6.45) is 1.06. The molecule has 0 bridgehead atoms. The summed E-state index contributed by atoms with van der Waals surface area (Å²) in [6.45, 7) is 5.21. The first kappa shape index (κ1) is 12.5. The average molecular weight is 272 g/mol. The molecule has 0 amide bonds. The maximum atomic E-state index is 5.28. The summed E-state index contributed by atoms with van der Waals surface area (Å²) in [5.74, 6) is 0.977. The Morgan fingerprint density at radius 1 is 1.27 bits per heavy atom. The van der Waals surface area contributed by atoms with Crippen molar-refractivity contribution in [2.75, 3.05) is 19.1 Å². The van der Waals surface area contributed by atoms with Crippen LogP contribution in [0.15, 0.2) is 12.1 Å². The van der Waals surface area contributed by atoms with Gasteiger partial charge in [-0.25, -0.2) is 0 Å². The molecule has 1 N–H and O–H groups in total. The maximum Gasteiger partial charge on any atom is 0.122 e. The molecule has 0 heterocycles. The molecule has 0 aliphatic heterocycles. The normalized spacial score (nSPS) is 10.4. The van der Waals surface area contributed by atoms with Gasteiger partial charge < -0.3 is 10.1 Å². The second-order valence-electron chi connectivity index (χ2n) is 3.63. The molecule has 0 aromatic heterocycles. The fourth-order valence-corrected chi connectivity index (χ4v) is 1.91. The Bertz CT molecular complexity index is 326. The fourth-order valence-electron chi connectivity index (χ4n) is 1.63. The highest BCUT2D eigenvalue weighted by atomic mass is 79.9. The second-order valence-corrected chi connectivity index (χ2v) is 4.19. The zero-order valence-electron chi connectivity index (χ0n) is 9.56. The minimum Gasteiger partial charge on any atom is -0.496 e. The van der Waals surface area contributed by atoms with E-state index in [0.29, 0.717) is 0 Å². The Hall–Kier alpha value is -0.540. The number of hydrogen-bond donors (Lipinski definition) is 1. The standard InChI is InChI=1S/C12H18BrNO/c1-9-7-12(15-3)10(2)6-11(9)4-5-14-8-13/h6-7,14H,4-5,8H2,1-3H3. The number of alkyl halides is 1. The van der Waals surface area contributed by atoms with Crippen LogP contribution in [0, 0.1) is 13.8 Å². The number of benzene rings is 1. The molecular formula is C12H18BrNO. The van der Waals surface area contributed by atoms with Crippen molar-refractivity contribution >= 4 is 15.9 Å². The van der Waals surface area contributed by atoms with Crippen molar-refractivity contribution in [2.45, 2.75) is 20.3 Å². The lowest BCUT2D eigenvalue weighted by molar-refractivity contribution is 0.411. The van der Waals surface area contributed by atoms with E-state index >= 15 is 0 Å². The van der Waals surface area contributed by atoms with Crippen LogP contribution in [-0.4, -0.2) is 19.1 Å². The maximum absolute atomic E-state index is 5.28. The molecule has 3 heteroatoms. The summed E-state index contributed by atoms with van der Waals surface area (Å²) >= 11 is 3.35. The minimum absolute atomic E-state index is 0.848. The molecule has 0 saturated heterocycles. The molecule has 2 nitrogen and oxygen atoms in total. The van der Waals surface area contributed by atoms with Gasteiger partial charge in [-0.2, -0.15) is 0 Å². The van der Waals surface area contributed by atoms with Gasteiger partial charge in [-0.3, -0.25) is 0 Å². The van der Waals surface area contributed by atoms with Crippen molar-refractivity contribution in [1.82, 2.24) is 5.32 Å². The van der Waals surface area contributed by atoms with E-state index in [1.165, 1.54) is 16.7 Å². The lowest BCUT2D eigenvalue weighted by Gasteiger charge is -2.11. The first-order valence-electron chi connectivity index (χ1n) is 5.09. The second kappa shape index (κ2) is 6.13. The molecule has 1 aromatic rings. The van der Waals surface area contributed by atoms with Gasteiger partial charge in [-0.05, 0) is 49.6 Å². The van der Waals surface area contributed by atoms with Gasteiger partial charge >= 0.3 is 0 Å². The third-order valence-corrected chi connectivity index (χ3v) is 2.92. The Labute approximate surface area is 100 Å². The van der Waals surface area contributed by atoms with Crippen molar-refractivity contribution < 1.29 is 4.74 Å². The molecule has 0 atom stereocenters. The molecule has 1 aromatic carbocycles. The number of ether oxygens (including phenoxy) is 1. The predicted molar refractivity (Wildman–Crippen MR) is 68.0 cm³/mol. The van der Waals surface area contributed by atoms with E-state index in [1.807, 2.05) is 0 Å². The Balaban J connectivity index is 2.76. The van der Waals surface area contributed by atoms with Gasteiger partial charge in [0.1, 0.15) is 5.75 Å². The highest BCUT2D eigenvalue weighted by Gasteiger charge is 2.04. The molecule has 0 fully saturated rings. The smallest absolute Gasteiger partial charge is 0.122 e. The predicted octanol–water partition coefficient (Wildman–Crippen LogP) is 2.80. The Morgan fingerprint density at radius 2 is 2.00 bits per heavy atom. The lowest BCUT2D eigenvalue weighted by Crippen LogP contribution is -2.15. The Morgan fingerprint density at radius 3 is 2.60 bits per heavy atom. The largest absolute Gasteiger partial charge is 0.496 e. The van der Waals surface area contributed by atoms with Gasteiger partial charge in [0.2, 0.25) is 0 Å². The van der Waals surface area contributed by atoms with Crippen LogP contribution < -0.4 is 10.1 Å². The highest BCUT2D eigenvalue weighted by molar-refractivity contribution is 9.09. The van der Waals surface area contributed by atoms with E-state index < -0.39 is 0 Å². The van der Waals surface area contributed by atoms with Crippen molar-refractivity contribution in [3.8, 4) is 5.75 Å². The van der Waals surface area contributed by atoms with Gasteiger partial charge in [-0.1, -0.05) is 22.0 Å². The molecule has 0 saturated carbocycles. The number of nitrogens with one attached hydrogen (secondary N) is 1. The third kappa shape index (κ3) is 3.50. The summed E-state index contributed by atoms with van der Waals surface area (Å²) in [5.41, 5.74) is 4.74. The fraction of sp³-hybridized carbons (Fsp3) is 0.500. The first-order chi connectivity index (χ1) is 7.19. The van der Waals surface area contributed by atoms with E-state index in [2.05, 4.69) is 47.2 Å². The van der Waals surface area contributed by atoms with E-state index in [4.69, 9.17) is 4.74 Å². The zero-order chi connectivity index (χ0) is 11.3. The minimum atomic E-state index is 0.848. The van der Waals surface area contributed by atoms with Crippen LogP contribution in [0.1, 0.15) is 16.7 Å². The molecule has 0 radical (unpaired) electrons. The van der Waals surface area contributed by atoms with Gasteiger partial charge in [0.25, 0.3) is 0 Å². The summed E-state index contributed by atoms with van der Waals surface area (Å²) < 4.78 is 5.28. The number of halogens is 1. The molecule has 0 unspecified atom stereocenters. The van der Waals surface area contributed by atoms with E-state index in [0.717, 1.165) is 24.2 Å². The molecular weight excluding hydrogens is 254 g/mol. The van der Waals surface area contributed by atoms with E-state index in [-0.39, 0.29) is 0 Å². The number of hydrogen-bond acceptors (Lipinski definition) is 2. The lowest BCUT2D eigenvalue weighted by atomic mass is 10.0. The van der Waals surface area contributed by atoms with E-state index in [1.54, 1.807) is 7.11 Å². The summed E-state index contributed by atoms with van der Waals surface area (Å²) in [6, 6.07) is 4.32. The number of rotatable bonds is 5. The molecule has 0 aliphatic carbocycles. The molecule has 0 aliphatic rings. The summed E-state index contributed by atoms with van der Waals surface area (Å²) in [5, 5.41) is 3.26. The first-order valence-corrected chi connectivity index (χ1v) is 6.22. The molecule has 84 valence electrons. The third-order valence-electron chi connectivity index (χ3n) is 2.52. The topological polar surface area (TPSA) is 21.3 Å². The van der Waals surface area contributed by atoms with Crippen molar-refractivity contribution in [3.63, 3.8) is 0 Å². The van der Waals surface area contributed by atoms with Gasteiger partial charge in [0.05, 0.1) is 12.6 Å². The van der Waals surface area contributed by atoms with Crippen molar-refractivity contribution in [1.29, 1.82) is 0 Å². The van der Waals surface area contributed by atoms with Crippen LogP contribution in [0.25, 0.3) is 0 Å². The van der Waals surface area contributed by atoms with Gasteiger partial charge in [0.15, 0.2) is 0 Å². The van der Waals surface area contributed by atoms with Crippen LogP contribution in [-0.2, 0) is 6.42 Å². The van der Waals surface area contributed by atoms with Crippen molar-refractivity contribution in [3.05, 3.63) is 28.8 Å². The van der Waals surface area contributed by atoms with Gasteiger partial charge in [0, 0.05) is 0 Å². The quantitative estimate of drug-likeness (QED) is 0.505. The molecule has 1 rings (SSSR count). The van der Waals surface area contributed by atoms with Crippen LogP contribution in [0.5, 0.6) is 5.75 Å². The average Bonchev–Trinajstić information content (AvgIpc) is 2.23. The van der Waals surface area contributed by atoms with Crippen LogP contribution in [0.2, 0.25) is 0 Å². The SMILES string of the molecule is COc1cc(C)c(CCNCBr)cc1C. The number of aryl methyl sites for hydroxylation is 2. The summed E-state index contributed by atoms with van der Waals surface area (Å²) in [4.78, 5) is 0. The number of methoxy groups -OCH3 is 1.